The number of nitrogens with one attached hydrogen (secondary N) is 1. The highest BCUT2D eigenvalue weighted by atomic mass is 35.5. The van der Waals surface area contributed by atoms with Gasteiger partial charge in [0.1, 0.15) is 5.82 Å². The lowest BCUT2D eigenvalue weighted by Crippen LogP contribution is -2.30. The van der Waals surface area contributed by atoms with Gasteiger partial charge < -0.3 is 10.2 Å². The van der Waals surface area contributed by atoms with Crippen LogP contribution in [0.3, 0.4) is 0 Å². The van der Waals surface area contributed by atoms with Crippen molar-refractivity contribution in [3.05, 3.63) is 22.8 Å². The second-order valence-corrected chi connectivity index (χ2v) is 4.63. The molecule has 2 heterocycles. The molecule has 0 amide bonds. The van der Waals surface area contributed by atoms with Crippen LogP contribution in [0, 0.1) is 0 Å². The average molecular weight is 240 g/mol. The fourth-order valence-electron chi connectivity index (χ4n) is 2.11. The normalized spacial score (nSPS) is 16.5. The first-order chi connectivity index (χ1) is 7.81. The Morgan fingerprint density at radius 3 is 2.75 bits per heavy atom. The molecule has 0 atom stereocenters. The van der Waals surface area contributed by atoms with E-state index < -0.39 is 0 Å². The van der Waals surface area contributed by atoms with Gasteiger partial charge in [0.15, 0.2) is 0 Å². The summed E-state index contributed by atoms with van der Waals surface area (Å²) in [5.74, 6) is 0.946. The summed E-state index contributed by atoms with van der Waals surface area (Å²) >= 11 is 6.27. The van der Waals surface area contributed by atoms with Crippen LogP contribution in [0.25, 0.3) is 0 Å². The average Bonchev–Trinajstić information content (AvgIpc) is 2.31. The molecule has 2 rings (SSSR count). The highest BCUT2D eigenvalue weighted by molar-refractivity contribution is 6.33. The fourth-order valence-corrected chi connectivity index (χ4v) is 2.42. The monoisotopic (exact) mass is 239 g/mol. The van der Waals surface area contributed by atoms with Crippen LogP contribution in [0.5, 0.6) is 0 Å². The van der Waals surface area contributed by atoms with E-state index in [1.165, 1.54) is 19.3 Å². The predicted octanol–water partition coefficient (Wildman–Crippen LogP) is 2.44. The van der Waals surface area contributed by atoms with Crippen molar-refractivity contribution in [2.45, 2.75) is 25.8 Å². The van der Waals surface area contributed by atoms with Gasteiger partial charge in [-0.15, -0.1) is 0 Å². The molecule has 0 radical (unpaired) electrons. The van der Waals surface area contributed by atoms with Crippen LogP contribution < -0.4 is 10.2 Å². The van der Waals surface area contributed by atoms with Gasteiger partial charge >= 0.3 is 0 Å². The largest absolute Gasteiger partial charge is 0.355 e. The topological polar surface area (TPSA) is 28.2 Å². The number of piperidine rings is 1. The van der Waals surface area contributed by atoms with Crippen LogP contribution in [0.2, 0.25) is 5.02 Å². The maximum absolute atomic E-state index is 6.27. The van der Waals surface area contributed by atoms with Crippen molar-refractivity contribution < 1.29 is 0 Å². The summed E-state index contributed by atoms with van der Waals surface area (Å²) in [6.45, 7) is 2.98. The predicted molar refractivity (Wildman–Crippen MR) is 68.1 cm³/mol. The first-order valence-electron chi connectivity index (χ1n) is 5.85. The number of aromatic nitrogens is 1. The van der Waals surface area contributed by atoms with Gasteiger partial charge in [-0.05, 0) is 37.9 Å². The third-order valence-corrected chi connectivity index (χ3v) is 3.19. The van der Waals surface area contributed by atoms with Crippen LogP contribution in [-0.2, 0) is 6.54 Å². The quantitative estimate of drug-likeness (QED) is 0.878. The molecule has 88 valence electrons. The molecule has 0 saturated carbocycles. The number of pyridine rings is 1. The van der Waals surface area contributed by atoms with E-state index >= 15 is 0 Å². The molecular formula is C12H18ClN3. The minimum Gasteiger partial charge on any atom is -0.355 e. The molecule has 4 heteroatoms. The van der Waals surface area contributed by atoms with E-state index in [-0.39, 0.29) is 0 Å². The third kappa shape index (κ3) is 2.66. The van der Waals surface area contributed by atoms with Crippen molar-refractivity contribution in [2.75, 3.05) is 25.0 Å². The number of anilines is 1. The number of hydrogen-bond donors (Lipinski definition) is 1. The van der Waals surface area contributed by atoms with Gasteiger partial charge in [0, 0.05) is 25.8 Å². The summed E-state index contributed by atoms with van der Waals surface area (Å²) in [6.07, 6.45) is 5.73. The molecule has 1 N–H and O–H groups in total. The highest BCUT2D eigenvalue weighted by Gasteiger charge is 2.15. The Labute approximate surface area is 102 Å². The summed E-state index contributed by atoms with van der Waals surface area (Å²) in [5, 5.41) is 3.87. The number of rotatable bonds is 3. The summed E-state index contributed by atoms with van der Waals surface area (Å²) < 4.78 is 0. The smallest absolute Gasteiger partial charge is 0.147 e. The standard InChI is InChI=1S/C12H18ClN3/c1-14-8-10-7-11(13)12(15-9-10)16-5-3-2-4-6-16/h7,9,14H,2-6,8H2,1H3. The summed E-state index contributed by atoms with van der Waals surface area (Å²) in [6, 6.07) is 2.01. The minimum absolute atomic E-state index is 0.773. The molecule has 16 heavy (non-hydrogen) atoms. The Hall–Kier alpha value is -0.800. The van der Waals surface area contributed by atoms with Gasteiger partial charge in [0.25, 0.3) is 0 Å². The Kier molecular flexibility index (Phi) is 4.02. The Bertz CT molecular complexity index is 348. The molecule has 0 aromatic carbocycles. The molecule has 0 aliphatic carbocycles. The number of nitrogens with zero attached hydrogens (tertiary/aromatic N) is 2. The zero-order valence-electron chi connectivity index (χ0n) is 9.67. The molecule has 1 aliphatic rings. The lowest BCUT2D eigenvalue weighted by Gasteiger charge is -2.28. The van der Waals surface area contributed by atoms with Gasteiger partial charge in [-0.3, -0.25) is 0 Å². The van der Waals surface area contributed by atoms with Crippen LogP contribution in [0.4, 0.5) is 5.82 Å². The van der Waals surface area contributed by atoms with E-state index in [1.807, 2.05) is 19.3 Å². The molecule has 0 bridgehead atoms. The summed E-state index contributed by atoms with van der Waals surface area (Å²) in [7, 11) is 1.92. The van der Waals surface area contributed by atoms with E-state index in [1.54, 1.807) is 0 Å². The summed E-state index contributed by atoms with van der Waals surface area (Å²) in [5.41, 5.74) is 1.13. The molecule has 1 aliphatic heterocycles. The van der Waals surface area contributed by atoms with Gasteiger partial charge in [0.2, 0.25) is 0 Å². The van der Waals surface area contributed by atoms with Crippen LogP contribution in [0.1, 0.15) is 24.8 Å². The van der Waals surface area contributed by atoms with Crippen LogP contribution in [-0.4, -0.2) is 25.1 Å². The van der Waals surface area contributed by atoms with Gasteiger partial charge in [-0.25, -0.2) is 4.98 Å². The SMILES string of the molecule is CNCc1cnc(N2CCCCC2)c(Cl)c1. The third-order valence-electron chi connectivity index (χ3n) is 2.91. The molecule has 1 aromatic heterocycles. The second kappa shape index (κ2) is 5.51. The molecule has 3 nitrogen and oxygen atoms in total. The summed E-state index contributed by atoms with van der Waals surface area (Å²) in [4.78, 5) is 6.76. The van der Waals surface area contributed by atoms with Crippen molar-refractivity contribution in [3.63, 3.8) is 0 Å². The maximum atomic E-state index is 6.27. The molecule has 1 fully saturated rings. The molecule has 0 unspecified atom stereocenters. The zero-order chi connectivity index (χ0) is 11.4. The van der Waals surface area contributed by atoms with Crippen molar-refractivity contribution in [1.29, 1.82) is 0 Å². The lowest BCUT2D eigenvalue weighted by molar-refractivity contribution is 0.573. The van der Waals surface area contributed by atoms with Gasteiger partial charge in [-0.1, -0.05) is 11.6 Å². The Morgan fingerprint density at radius 1 is 1.38 bits per heavy atom. The van der Waals surface area contributed by atoms with Crippen molar-refractivity contribution in [1.82, 2.24) is 10.3 Å². The van der Waals surface area contributed by atoms with Crippen molar-refractivity contribution >= 4 is 17.4 Å². The first kappa shape index (κ1) is 11.7. The lowest BCUT2D eigenvalue weighted by atomic mass is 10.1. The van der Waals surface area contributed by atoms with Crippen LogP contribution in [0.15, 0.2) is 12.3 Å². The van der Waals surface area contributed by atoms with Crippen molar-refractivity contribution in [2.24, 2.45) is 0 Å². The zero-order valence-corrected chi connectivity index (χ0v) is 10.4. The number of hydrogen-bond acceptors (Lipinski definition) is 3. The molecule has 1 saturated heterocycles. The molecule has 1 aromatic rings. The first-order valence-corrected chi connectivity index (χ1v) is 6.23. The van der Waals surface area contributed by atoms with E-state index in [0.717, 1.165) is 36.0 Å². The maximum Gasteiger partial charge on any atom is 0.147 e. The van der Waals surface area contributed by atoms with E-state index in [4.69, 9.17) is 11.6 Å². The van der Waals surface area contributed by atoms with E-state index in [9.17, 15) is 0 Å². The fraction of sp³-hybridized carbons (Fsp3) is 0.583. The van der Waals surface area contributed by atoms with E-state index in [2.05, 4.69) is 15.2 Å². The van der Waals surface area contributed by atoms with Gasteiger partial charge in [-0.2, -0.15) is 0 Å². The molecule has 0 spiro atoms. The number of halogens is 1. The van der Waals surface area contributed by atoms with Gasteiger partial charge in [0.05, 0.1) is 5.02 Å². The van der Waals surface area contributed by atoms with Crippen molar-refractivity contribution in [3.8, 4) is 0 Å². The molecular weight excluding hydrogens is 222 g/mol. The van der Waals surface area contributed by atoms with E-state index in [0.29, 0.717) is 0 Å². The minimum atomic E-state index is 0.773. The Morgan fingerprint density at radius 2 is 2.12 bits per heavy atom. The Balaban J connectivity index is 2.14. The van der Waals surface area contributed by atoms with Crippen LogP contribution >= 0.6 is 11.6 Å². The second-order valence-electron chi connectivity index (χ2n) is 4.23. The highest BCUT2D eigenvalue weighted by Crippen LogP contribution is 2.26.